The second-order valence-corrected chi connectivity index (χ2v) is 6.98. The largest absolute Gasteiger partial charge is 0.350 e. The highest BCUT2D eigenvalue weighted by Gasteiger charge is 2.38. The molecule has 0 aromatic heterocycles. The quantitative estimate of drug-likeness (QED) is 0.812. The number of nitrogens with one attached hydrogen (secondary N) is 1. The molecule has 0 radical (unpaired) electrons. The van der Waals surface area contributed by atoms with Crippen molar-refractivity contribution in [2.45, 2.75) is 73.3 Å². The fourth-order valence-electron chi connectivity index (χ4n) is 2.58. The first-order valence-electron chi connectivity index (χ1n) is 6.76. The van der Waals surface area contributed by atoms with Gasteiger partial charge >= 0.3 is 0 Å². The second-order valence-electron chi connectivity index (χ2n) is 6.98. The summed E-state index contributed by atoms with van der Waals surface area (Å²) >= 11 is 0. The first-order chi connectivity index (χ1) is 8.02. The van der Waals surface area contributed by atoms with Crippen LogP contribution in [0, 0.1) is 22.2 Å². The van der Waals surface area contributed by atoms with Gasteiger partial charge in [-0.25, -0.2) is 0 Å². The Hall–Kier alpha value is -1.04. The van der Waals surface area contributed by atoms with Crippen LogP contribution in [0.3, 0.4) is 0 Å². The number of hydrogen-bond donors (Lipinski definition) is 1. The zero-order valence-corrected chi connectivity index (χ0v) is 13.0. The minimum atomic E-state index is -0.880. The molecule has 1 amide bonds. The smallest absolute Gasteiger partial charge is 0.240 e. The first-order valence-corrected chi connectivity index (χ1v) is 6.76. The Bertz CT molecular complexity index is 327. The van der Waals surface area contributed by atoms with E-state index in [9.17, 15) is 10.1 Å². The third kappa shape index (κ3) is 4.68. The molecule has 0 aliphatic rings. The fraction of sp³-hybridized carbons (Fsp3) is 0.867. The van der Waals surface area contributed by atoms with E-state index in [-0.39, 0.29) is 16.9 Å². The second kappa shape index (κ2) is 5.73. The topological polar surface area (TPSA) is 52.9 Å². The molecule has 0 saturated heterocycles. The van der Waals surface area contributed by atoms with Crippen molar-refractivity contribution in [3.05, 3.63) is 0 Å². The van der Waals surface area contributed by atoms with E-state index in [0.717, 1.165) is 6.42 Å². The number of carbonyl (C=O) groups is 1. The molecule has 3 nitrogen and oxygen atoms in total. The van der Waals surface area contributed by atoms with Gasteiger partial charge in [-0.3, -0.25) is 4.79 Å². The molecule has 0 saturated carbocycles. The molecule has 0 aliphatic carbocycles. The van der Waals surface area contributed by atoms with Crippen LogP contribution >= 0.6 is 0 Å². The fourth-order valence-corrected chi connectivity index (χ4v) is 2.58. The molecule has 0 fully saturated rings. The number of carbonyl (C=O) groups excluding carboxylic acids is 1. The summed E-state index contributed by atoms with van der Waals surface area (Å²) in [4.78, 5) is 12.3. The highest BCUT2D eigenvalue weighted by molar-refractivity contribution is 5.85. The lowest BCUT2D eigenvalue weighted by Crippen LogP contribution is -2.51. The van der Waals surface area contributed by atoms with Crippen LogP contribution in [-0.4, -0.2) is 11.4 Å². The van der Waals surface area contributed by atoms with E-state index in [2.05, 4.69) is 32.2 Å². The van der Waals surface area contributed by atoms with Crippen LogP contribution in [0.4, 0.5) is 0 Å². The van der Waals surface area contributed by atoms with Crippen molar-refractivity contribution in [3.63, 3.8) is 0 Å². The van der Waals surface area contributed by atoms with E-state index in [1.807, 2.05) is 27.7 Å². The zero-order valence-electron chi connectivity index (χ0n) is 13.0. The van der Waals surface area contributed by atoms with Gasteiger partial charge in [0.15, 0.2) is 0 Å². The predicted molar refractivity (Wildman–Crippen MR) is 74.9 cm³/mol. The van der Waals surface area contributed by atoms with E-state index in [0.29, 0.717) is 12.8 Å². The predicted octanol–water partition coefficient (Wildman–Crippen LogP) is 3.65. The Morgan fingerprint density at radius 3 is 1.83 bits per heavy atom. The summed E-state index contributed by atoms with van der Waals surface area (Å²) in [6, 6.07) is 2.19. The highest BCUT2D eigenvalue weighted by Crippen LogP contribution is 2.30. The highest BCUT2D eigenvalue weighted by atomic mass is 16.2. The summed E-state index contributed by atoms with van der Waals surface area (Å²) in [5, 5.41) is 12.3. The lowest BCUT2D eigenvalue weighted by atomic mass is 9.79. The standard InChI is InChI=1S/C15H28N2O/c1-8-15(9-2,11-16)12(18)17-14(6,7)10-13(3,4)5/h8-10H2,1-7H3,(H,17,18). The maximum absolute atomic E-state index is 12.3. The van der Waals surface area contributed by atoms with Gasteiger partial charge in [0, 0.05) is 5.54 Å². The van der Waals surface area contributed by atoms with Gasteiger partial charge in [0.25, 0.3) is 0 Å². The average molecular weight is 252 g/mol. The number of rotatable bonds is 5. The van der Waals surface area contributed by atoms with Gasteiger partial charge in [0.1, 0.15) is 5.41 Å². The molecule has 0 aromatic rings. The maximum atomic E-state index is 12.3. The Labute approximate surface area is 112 Å². The van der Waals surface area contributed by atoms with Crippen LogP contribution in [0.5, 0.6) is 0 Å². The number of hydrogen-bond acceptors (Lipinski definition) is 2. The van der Waals surface area contributed by atoms with Gasteiger partial charge in [-0.1, -0.05) is 34.6 Å². The zero-order chi connectivity index (χ0) is 14.6. The lowest BCUT2D eigenvalue weighted by Gasteiger charge is -2.36. The van der Waals surface area contributed by atoms with Crippen molar-refractivity contribution in [1.82, 2.24) is 5.32 Å². The molecule has 0 spiro atoms. The minimum absolute atomic E-state index is 0.135. The number of amides is 1. The molecule has 0 rings (SSSR count). The Kier molecular flexibility index (Phi) is 5.40. The summed E-state index contributed by atoms with van der Waals surface area (Å²) in [5.74, 6) is -0.135. The van der Waals surface area contributed by atoms with E-state index in [1.165, 1.54) is 0 Å². The summed E-state index contributed by atoms with van der Waals surface area (Å²) < 4.78 is 0. The summed E-state index contributed by atoms with van der Waals surface area (Å²) in [6.45, 7) is 14.3. The van der Waals surface area contributed by atoms with Gasteiger partial charge in [-0.15, -0.1) is 0 Å². The molecule has 18 heavy (non-hydrogen) atoms. The summed E-state index contributed by atoms with van der Waals surface area (Å²) in [7, 11) is 0. The Balaban J connectivity index is 4.90. The van der Waals surface area contributed by atoms with Gasteiger partial charge in [0.05, 0.1) is 6.07 Å². The van der Waals surface area contributed by atoms with Crippen molar-refractivity contribution in [3.8, 4) is 6.07 Å². The molecule has 104 valence electrons. The van der Waals surface area contributed by atoms with E-state index < -0.39 is 5.41 Å². The lowest BCUT2D eigenvalue weighted by molar-refractivity contribution is -0.130. The molecule has 0 aliphatic heterocycles. The molecule has 0 atom stereocenters. The normalized spacial score (nSPS) is 13.0. The number of nitriles is 1. The van der Waals surface area contributed by atoms with Gasteiger partial charge < -0.3 is 5.32 Å². The Morgan fingerprint density at radius 2 is 1.56 bits per heavy atom. The molecule has 0 aromatic carbocycles. The molecule has 3 heteroatoms. The van der Waals surface area contributed by atoms with Crippen LogP contribution in [0.1, 0.15) is 67.7 Å². The van der Waals surface area contributed by atoms with Crippen molar-refractivity contribution in [2.24, 2.45) is 10.8 Å². The number of nitrogens with zero attached hydrogens (tertiary/aromatic N) is 1. The van der Waals surface area contributed by atoms with Gasteiger partial charge in [-0.2, -0.15) is 5.26 Å². The third-order valence-electron chi connectivity index (χ3n) is 3.28. The van der Waals surface area contributed by atoms with Crippen molar-refractivity contribution in [1.29, 1.82) is 5.26 Å². The van der Waals surface area contributed by atoms with Crippen molar-refractivity contribution in [2.75, 3.05) is 0 Å². The van der Waals surface area contributed by atoms with Crippen LogP contribution in [0.15, 0.2) is 0 Å². The van der Waals surface area contributed by atoms with Crippen molar-refractivity contribution >= 4 is 5.91 Å². The van der Waals surface area contributed by atoms with Crippen LogP contribution < -0.4 is 5.32 Å². The SMILES string of the molecule is CCC(C#N)(CC)C(=O)NC(C)(C)CC(C)(C)C. The molecule has 1 N–H and O–H groups in total. The molecular weight excluding hydrogens is 224 g/mol. The summed E-state index contributed by atoms with van der Waals surface area (Å²) in [5.41, 5.74) is -1.03. The molecule has 0 bridgehead atoms. The Morgan fingerprint density at radius 1 is 1.11 bits per heavy atom. The summed E-state index contributed by atoms with van der Waals surface area (Å²) in [6.07, 6.45) is 1.98. The first kappa shape index (κ1) is 17.0. The monoisotopic (exact) mass is 252 g/mol. The van der Waals surface area contributed by atoms with E-state index >= 15 is 0 Å². The van der Waals surface area contributed by atoms with E-state index in [4.69, 9.17) is 0 Å². The molecule has 0 unspecified atom stereocenters. The van der Waals surface area contributed by atoms with Crippen molar-refractivity contribution < 1.29 is 4.79 Å². The molecular formula is C15H28N2O. The average Bonchev–Trinajstić information content (AvgIpc) is 2.16. The van der Waals surface area contributed by atoms with Crippen LogP contribution in [0.25, 0.3) is 0 Å². The maximum Gasteiger partial charge on any atom is 0.240 e. The van der Waals surface area contributed by atoms with Gasteiger partial charge in [-0.05, 0) is 38.5 Å². The van der Waals surface area contributed by atoms with Gasteiger partial charge in [0.2, 0.25) is 5.91 Å². The van der Waals surface area contributed by atoms with E-state index in [1.54, 1.807) is 0 Å². The minimum Gasteiger partial charge on any atom is -0.350 e. The molecule has 0 heterocycles. The van der Waals surface area contributed by atoms with Crippen LogP contribution in [0.2, 0.25) is 0 Å². The third-order valence-corrected chi connectivity index (χ3v) is 3.28. The van der Waals surface area contributed by atoms with Crippen LogP contribution in [-0.2, 0) is 4.79 Å².